The molecule has 3 aromatic heterocycles. The summed E-state index contributed by atoms with van der Waals surface area (Å²) in [5, 5.41) is 19.4. The van der Waals surface area contributed by atoms with Gasteiger partial charge in [-0.3, -0.25) is 9.55 Å². The minimum Gasteiger partial charge on any atom is -0.259 e. The van der Waals surface area contributed by atoms with E-state index in [0.717, 1.165) is 33.4 Å². The van der Waals surface area contributed by atoms with E-state index >= 15 is 0 Å². The molecule has 6 nitrogen and oxygen atoms in total. The van der Waals surface area contributed by atoms with Crippen molar-refractivity contribution in [2.24, 2.45) is 5.10 Å². The lowest BCUT2D eigenvalue weighted by molar-refractivity contribution is 0.780. The Hall–Kier alpha value is -3.03. The Balaban J connectivity index is 1.71. The quantitative estimate of drug-likeness (QED) is 0.504. The average Bonchev–Trinajstić information content (AvgIpc) is 3.30. The first-order valence-electron chi connectivity index (χ1n) is 8.73. The molecule has 0 spiro atoms. The van der Waals surface area contributed by atoms with Gasteiger partial charge in [0.15, 0.2) is 0 Å². The summed E-state index contributed by atoms with van der Waals surface area (Å²) in [4.78, 5) is 4.45. The Morgan fingerprint density at radius 3 is 2.68 bits per heavy atom. The molecular weight excluding hydrogens is 392 g/mol. The second-order valence-electron chi connectivity index (χ2n) is 6.36. The summed E-state index contributed by atoms with van der Waals surface area (Å²) in [6.07, 6.45) is 1.78. The molecule has 1 aliphatic heterocycles. The molecule has 0 unspecified atom stereocenters. The lowest BCUT2D eigenvalue weighted by Gasteiger charge is -2.17. The largest absolute Gasteiger partial charge is 0.259 e. The Bertz CT molecular complexity index is 1160. The zero-order valence-electron chi connectivity index (χ0n) is 15.0. The molecule has 0 atom stereocenters. The number of anilines is 1. The number of benzene rings is 1. The van der Waals surface area contributed by atoms with Crippen LogP contribution >= 0.6 is 22.9 Å². The van der Waals surface area contributed by atoms with Crippen molar-refractivity contribution in [3.05, 3.63) is 87.8 Å². The molecule has 1 aliphatic rings. The molecule has 0 amide bonds. The van der Waals surface area contributed by atoms with Crippen LogP contribution in [0.25, 0.3) is 5.00 Å². The first kappa shape index (κ1) is 17.1. The predicted octanol–water partition coefficient (Wildman–Crippen LogP) is 4.46. The van der Waals surface area contributed by atoms with E-state index in [1.807, 2.05) is 54.4 Å². The number of halogens is 1. The van der Waals surface area contributed by atoms with Gasteiger partial charge in [0.1, 0.15) is 16.5 Å². The minimum atomic E-state index is 0.491. The summed E-state index contributed by atoms with van der Waals surface area (Å²) in [7, 11) is 0. The fourth-order valence-corrected chi connectivity index (χ4v) is 4.27. The van der Waals surface area contributed by atoms with Crippen LogP contribution in [0.3, 0.4) is 0 Å². The van der Waals surface area contributed by atoms with Crippen LogP contribution in [-0.2, 0) is 6.54 Å². The average molecular weight is 407 g/mol. The van der Waals surface area contributed by atoms with Crippen molar-refractivity contribution in [1.82, 2.24) is 19.7 Å². The molecule has 4 heterocycles. The van der Waals surface area contributed by atoms with Gasteiger partial charge in [0.25, 0.3) is 5.95 Å². The van der Waals surface area contributed by atoms with Gasteiger partial charge in [-0.2, -0.15) is 5.10 Å². The predicted molar refractivity (Wildman–Crippen MR) is 111 cm³/mol. The summed E-state index contributed by atoms with van der Waals surface area (Å²) in [6, 6.07) is 15.7. The summed E-state index contributed by atoms with van der Waals surface area (Å²) < 4.78 is 2.05. The maximum atomic E-state index is 6.10. The number of hydrazone groups is 1. The third-order valence-electron chi connectivity index (χ3n) is 4.52. The number of hydrogen-bond acceptors (Lipinski definition) is 6. The molecule has 0 fully saturated rings. The van der Waals surface area contributed by atoms with E-state index in [2.05, 4.69) is 31.2 Å². The van der Waals surface area contributed by atoms with Crippen molar-refractivity contribution < 1.29 is 0 Å². The van der Waals surface area contributed by atoms with Gasteiger partial charge in [0.2, 0.25) is 0 Å². The molecule has 0 bridgehead atoms. The lowest BCUT2D eigenvalue weighted by Crippen LogP contribution is -2.21. The van der Waals surface area contributed by atoms with Gasteiger partial charge < -0.3 is 0 Å². The fraction of sp³-hybridized carbons (Fsp3) is 0.100. The van der Waals surface area contributed by atoms with E-state index in [0.29, 0.717) is 17.5 Å². The highest BCUT2D eigenvalue weighted by Crippen LogP contribution is 2.33. The second-order valence-corrected chi connectivity index (χ2v) is 7.69. The molecule has 1 aromatic carbocycles. The van der Waals surface area contributed by atoms with Gasteiger partial charge in [-0.15, -0.1) is 21.5 Å². The van der Waals surface area contributed by atoms with Crippen molar-refractivity contribution in [3.8, 4) is 5.00 Å². The summed E-state index contributed by atoms with van der Waals surface area (Å²) in [6.45, 7) is 2.44. The van der Waals surface area contributed by atoms with E-state index in [9.17, 15) is 0 Å². The molecule has 28 heavy (non-hydrogen) atoms. The number of fused-ring (bicyclic) bond motifs is 3. The SMILES string of the molecule is Cc1nnc2n1-c1sccc1C(c1ccc(Cl)cc1)=NN2Cc1ccccn1. The van der Waals surface area contributed by atoms with Crippen LogP contribution < -0.4 is 5.01 Å². The van der Waals surface area contributed by atoms with E-state index in [-0.39, 0.29) is 0 Å². The molecule has 0 aliphatic carbocycles. The van der Waals surface area contributed by atoms with Crippen LogP contribution in [0.2, 0.25) is 5.02 Å². The second kappa shape index (κ2) is 6.85. The zero-order chi connectivity index (χ0) is 19.1. The van der Waals surface area contributed by atoms with Gasteiger partial charge in [-0.1, -0.05) is 29.8 Å². The van der Waals surface area contributed by atoms with Crippen LogP contribution in [0.4, 0.5) is 5.95 Å². The highest BCUT2D eigenvalue weighted by molar-refractivity contribution is 7.13. The maximum Gasteiger partial charge on any atom is 0.253 e. The molecule has 0 saturated carbocycles. The molecule has 0 N–H and O–H groups in total. The minimum absolute atomic E-state index is 0.491. The van der Waals surface area contributed by atoms with E-state index in [4.69, 9.17) is 16.7 Å². The first-order chi connectivity index (χ1) is 13.7. The maximum absolute atomic E-state index is 6.10. The third-order valence-corrected chi connectivity index (χ3v) is 5.67. The van der Waals surface area contributed by atoms with Crippen molar-refractivity contribution in [3.63, 3.8) is 0 Å². The summed E-state index contributed by atoms with van der Waals surface area (Å²) >= 11 is 7.74. The number of hydrogen-bond donors (Lipinski definition) is 0. The standard InChI is InChI=1S/C20H15ClN6S/c1-13-23-24-20-26(12-16-4-2-3-10-22-16)25-18(14-5-7-15(21)8-6-14)17-9-11-28-19(17)27(13)20/h2-11H,12H2,1H3. The van der Waals surface area contributed by atoms with Gasteiger partial charge in [-0.25, -0.2) is 5.01 Å². The van der Waals surface area contributed by atoms with Gasteiger partial charge in [0.05, 0.1) is 12.2 Å². The number of thiophene rings is 1. The van der Waals surface area contributed by atoms with Gasteiger partial charge in [0, 0.05) is 22.3 Å². The first-order valence-corrected chi connectivity index (χ1v) is 9.99. The van der Waals surface area contributed by atoms with Crippen LogP contribution in [0.15, 0.2) is 65.2 Å². The normalized spacial score (nSPS) is 12.9. The molecule has 5 rings (SSSR count). The zero-order valence-corrected chi connectivity index (χ0v) is 16.5. The number of nitrogens with zero attached hydrogens (tertiary/aromatic N) is 6. The van der Waals surface area contributed by atoms with Crippen LogP contribution in [-0.4, -0.2) is 25.5 Å². The highest BCUT2D eigenvalue weighted by atomic mass is 35.5. The summed E-state index contributed by atoms with van der Waals surface area (Å²) in [5.41, 5.74) is 3.80. The molecule has 0 radical (unpaired) electrons. The van der Waals surface area contributed by atoms with Crippen molar-refractivity contribution >= 4 is 34.6 Å². The lowest BCUT2D eigenvalue weighted by atomic mass is 10.0. The smallest absolute Gasteiger partial charge is 0.253 e. The van der Waals surface area contributed by atoms with Crippen LogP contribution in [0.1, 0.15) is 22.6 Å². The Kier molecular flexibility index (Phi) is 4.18. The fourth-order valence-electron chi connectivity index (χ4n) is 3.20. The number of aryl methyl sites for hydroxylation is 1. The van der Waals surface area contributed by atoms with Crippen LogP contribution in [0, 0.1) is 6.92 Å². The third kappa shape index (κ3) is 2.89. The monoisotopic (exact) mass is 406 g/mol. The molecular formula is C20H15ClN6S. The Morgan fingerprint density at radius 2 is 1.89 bits per heavy atom. The molecule has 8 heteroatoms. The number of aromatic nitrogens is 4. The van der Waals surface area contributed by atoms with Gasteiger partial charge >= 0.3 is 0 Å². The van der Waals surface area contributed by atoms with Crippen LogP contribution in [0.5, 0.6) is 0 Å². The topological polar surface area (TPSA) is 59.2 Å². The van der Waals surface area contributed by atoms with Crippen molar-refractivity contribution in [2.75, 3.05) is 5.01 Å². The summed E-state index contributed by atoms with van der Waals surface area (Å²) in [5.74, 6) is 1.49. The number of pyridine rings is 1. The van der Waals surface area contributed by atoms with Gasteiger partial charge in [-0.05, 0) is 42.6 Å². The van der Waals surface area contributed by atoms with Crippen molar-refractivity contribution in [1.29, 1.82) is 0 Å². The number of rotatable bonds is 3. The van der Waals surface area contributed by atoms with E-state index < -0.39 is 0 Å². The van der Waals surface area contributed by atoms with E-state index in [1.54, 1.807) is 17.5 Å². The molecule has 138 valence electrons. The Morgan fingerprint density at radius 1 is 1.04 bits per heavy atom. The van der Waals surface area contributed by atoms with Crippen molar-refractivity contribution in [2.45, 2.75) is 13.5 Å². The highest BCUT2D eigenvalue weighted by Gasteiger charge is 2.27. The van der Waals surface area contributed by atoms with E-state index in [1.165, 1.54) is 0 Å². The molecule has 0 saturated heterocycles. The Labute approximate surface area is 170 Å². The molecule has 4 aromatic rings.